The molecule has 0 fully saturated rings. The number of fused-ring (bicyclic) bond motifs is 1. The summed E-state index contributed by atoms with van der Waals surface area (Å²) in [4.78, 5) is 18.9. The lowest BCUT2D eigenvalue weighted by molar-refractivity contribution is 0.286. The summed E-state index contributed by atoms with van der Waals surface area (Å²) in [7, 11) is 0. The highest BCUT2D eigenvalue weighted by atomic mass is 16.5. The van der Waals surface area contributed by atoms with E-state index in [2.05, 4.69) is 63.1 Å². The molecule has 6 rings (SSSR count). The van der Waals surface area contributed by atoms with Crippen LogP contribution in [0.5, 0.6) is 5.75 Å². The molecule has 5 nitrogen and oxygen atoms in total. The number of benzene rings is 3. The van der Waals surface area contributed by atoms with Crippen LogP contribution in [0.4, 0.5) is 0 Å². The number of aromatic nitrogens is 3. The fourth-order valence-electron chi connectivity index (χ4n) is 3.28. The molecule has 0 N–H and O–H groups in total. The Morgan fingerprint density at radius 2 is 1.43 bits per heavy atom. The molecule has 0 amide bonds. The maximum Gasteiger partial charge on any atom is 0.189 e. The second-order valence-electron chi connectivity index (χ2n) is 6.63. The van der Waals surface area contributed by atoms with Crippen molar-refractivity contribution in [1.29, 1.82) is 0 Å². The van der Waals surface area contributed by atoms with Crippen LogP contribution in [0.15, 0.2) is 109 Å². The van der Waals surface area contributed by atoms with Gasteiger partial charge >= 0.3 is 0 Å². The molecular weight excluding hydrogens is 374 g/mol. The van der Waals surface area contributed by atoms with Crippen LogP contribution in [0.2, 0.25) is 0 Å². The summed E-state index contributed by atoms with van der Waals surface area (Å²) in [5, 5.41) is 3.36. The van der Waals surface area contributed by atoms with Crippen molar-refractivity contribution in [2.45, 2.75) is 6.54 Å². The predicted molar refractivity (Wildman–Crippen MR) is 120 cm³/mol. The highest BCUT2D eigenvalue weighted by Crippen LogP contribution is 2.25. The SMILES string of the molecule is O=c1ccn2c3c(cccc13)OCC2.c1ccc2ccccc2c1.c1cncnc1. The molecule has 0 bridgehead atoms. The van der Waals surface area contributed by atoms with Crippen LogP contribution >= 0.6 is 0 Å². The van der Waals surface area contributed by atoms with Crippen molar-refractivity contribution >= 4 is 21.7 Å². The average Bonchev–Trinajstić information content (AvgIpc) is 2.84. The quantitative estimate of drug-likeness (QED) is 0.381. The maximum atomic E-state index is 11.6. The first-order valence-corrected chi connectivity index (χ1v) is 9.72. The molecule has 5 heteroatoms. The van der Waals surface area contributed by atoms with Crippen LogP contribution in [0.1, 0.15) is 0 Å². The third-order valence-corrected chi connectivity index (χ3v) is 4.68. The molecule has 3 aromatic carbocycles. The van der Waals surface area contributed by atoms with Crippen LogP contribution in [0, 0.1) is 0 Å². The Morgan fingerprint density at radius 3 is 2.00 bits per heavy atom. The topological polar surface area (TPSA) is 57.0 Å². The van der Waals surface area contributed by atoms with E-state index >= 15 is 0 Å². The molecule has 1 aliphatic rings. The second kappa shape index (κ2) is 9.47. The van der Waals surface area contributed by atoms with Gasteiger partial charge in [-0.05, 0) is 29.0 Å². The Hall–Kier alpha value is -3.99. The first-order chi connectivity index (χ1) is 14.8. The van der Waals surface area contributed by atoms with Crippen molar-refractivity contribution in [3.63, 3.8) is 0 Å². The van der Waals surface area contributed by atoms with Crippen LogP contribution in [0.25, 0.3) is 21.7 Å². The van der Waals surface area contributed by atoms with E-state index in [1.807, 2.05) is 24.4 Å². The highest BCUT2D eigenvalue weighted by molar-refractivity contribution is 5.85. The lowest BCUT2D eigenvalue weighted by Gasteiger charge is -2.19. The first kappa shape index (κ1) is 19.3. The largest absolute Gasteiger partial charge is 0.490 e. The standard InChI is InChI=1S/C11H9NO2.C10H8.C4H4N2/c13-9-4-5-12-6-7-14-10-3-1-2-8(9)11(10)12;1-2-6-10-8-4-3-7-9(10)5-1;1-2-5-4-6-3-1/h1-5H,6-7H2;1-8H;1-4H. The molecule has 1 aliphatic heterocycles. The number of pyridine rings is 1. The Bertz CT molecular complexity index is 1200. The fraction of sp³-hybridized carbons (Fsp3) is 0.0800. The van der Waals surface area contributed by atoms with Gasteiger partial charge in [0, 0.05) is 30.0 Å². The smallest absolute Gasteiger partial charge is 0.189 e. The Morgan fingerprint density at radius 1 is 0.767 bits per heavy atom. The summed E-state index contributed by atoms with van der Waals surface area (Å²) in [6.07, 6.45) is 6.71. The van der Waals surface area contributed by atoms with Crippen molar-refractivity contribution in [1.82, 2.24) is 14.5 Å². The van der Waals surface area contributed by atoms with Crippen molar-refractivity contribution in [3.8, 4) is 5.75 Å². The summed E-state index contributed by atoms with van der Waals surface area (Å²) >= 11 is 0. The van der Waals surface area contributed by atoms with E-state index < -0.39 is 0 Å². The van der Waals surface area contributed by atoms with Crippen molar-refractivity contribution in [3.05, 3.63) is 114 Å². The molecule has 0 radical (unpaired) electrons. The van der Waals surface area contributed by atoms with E-state index in [-0.39, 0.29) is 5.43 Å². The lowest BCUT2D eigenvalue weighted by Crippen LogP contribution is -2.18. The molecule has 0 saturated carbocycles. The summed E-state index contributed by atoms with van der Waals surface area (Å²) in [5.41, 5.74) is 0.981. The van der Waals surface area contributed by atoms with Gasteiger partial charge in [0.15, 0.2) is 5.43 Å². The van der Waals surface area contributed by atoms with Gasteiger partial charge in [0.2, 0.25) is 0 Å². The van der Waals surface area contributed by atoms with Crippen LogP contribution in [-0.4, -0.2) is 21.1 Å². The first-order valence-electron chi connectivity index (χ1n) is 9.72. The van der Waals surface area contributed by atoms with Crippen LogP contribution in [-0.2, 0) is 6.54 Å². The van der Waals surface area contributed by atoms with E-state index in [1.54, 1.807) is 24.5 Å². The number of hydrogen-bond acceptors (Lipinski definition) is 4. The summed E-state index contributed by atoms with van der Waals surface area (Å²) in [5.74, 6) is 0.812. The molecule has 0 atom stereocenters. The minimum absolute atomic E-state index is 0.0589. The number of nitrogens with zero attached hydrogens (tertiary/aromatic N) is 3. The second-order valence-corrected chi connectivity index (χ2v) is 6.63. The molecule has 5 aromatic rings. The zero-order valence-corrected chi connectivity index (χ0v) is 16.4. The molecule has 0 spiro atoms. The van der Waals surface area contributed by atoms with Gasteiger partial charge in [-0.15, -0.1) is 0 Å². The highest BCUT2D eigenvalue weighted by Gasteiger charge is 2.12. The Kier molecular flexibility index (Phi) is 6.11. The number of hydrogen-bond donors (Lipinski definition) is 0. The van der Waals surface area contributed by atoms with E-state index in [0.29, 0.717) is 6.61 Å². The van der Waals surface area contributed by atoms with E-state index in [1.165, 1.54) is 17.1 Å². The molecule has 0 saturated heterocycles. The molecule has 148 valence electrons. The molecule has 2 aromatic heterocycles. The third-order valence-electron chi connectivity index (χ3n) is 4.68. The van der Waals surface area contributed by atoms with Gasteiger partial charge in [0.1, 0.15) is 18.7 Å². The maximum absolute atomic E-state index is 11.6. The van der Waals surface area contributed by atoms with Gasteiger partial charge < -0.3 is 9.30 Å². The molecule has 0 aliphatic carbocycles. The third kappa shape index (κ3) is 4.52. The van der Waals surface area contributed by atoms with E-state index in [0.717, 1.165) is 23.2 Å². The average molecular weight is 395 g/mol. The number of ether oxygens (including phenoxy) is 1. The van der Waals surface area contributed by atoms with E-state index in [9.17, 15) is 4.79 Å². The van der Waals surface area contributed by atoms with Crippen LogP contribution in [0.3, 0.4) is 0 Å². The molecule has 0 unspecified atom stereocenters. The molecule has 3 heterocycles. The predicted octanol–water partition coefficient (Wildman–Crippen LogP) is 4.71. The van der Waals surface area contributed by atoms with Gasteiger partial charge in [0.25, 0.3) is 0 Å². The van der Waals surface area contributed by atoms with Gasteiger partial charge in [-0.1, -0.05) is 54.6 Å². The summed E-state index contributed by atoms with van der Waals surface area (Å²) < 4.78 is 7.56. The molecule has 30 heavy (non-hydrogen) atoms. The minimum Gasteiger partial charge on any atom is -0.490 e. The monoisotopic (exact) mass is 395 g/mol. The van der Waals surface area contributed by atoms with Crippen LogP contribution < -0.4 is 10.2 Å². The van der Waals surface area contributed by atoms with Gasteiger partial charge in [0.05, 0.1) is 12.1 Å². The van der Waals surface area contributed by atoms with Crippen molar-refractivity contribution in [2.75, 3.05) is 6.61 Å². The van der Waals surface area contributed by atoms with Gasteiger partial charge in [-0.2, -0.15) is 0 Å². The summed E-state index contributed by atoms with van der Waals surface area (Å²) in [6, 6.07) is 25.7. The number of rotatable bonds is 0. The number of para-hydroxylation sites is 1. The van der Waals surface area contributed by atoms with Gasteiger partial charge in [-0.25, -0.2) is 9.97 Å². The Labute approximate surface area is 174 Å². The van der Waals surface area contributed by atoms with Gasteiger partial charge in [-0.3, -0.25) is 4.79 Å². The van der Waals surface area contributed by atoms with E-state index in [4.69, 9.17) is 4.74 Å². The fourth-order valence-corrected chi connectivity index (χ4v) is 3.28. The van der Waals surface area contributed by atoms with Crippen molar-refractivity contribution in [2.24, 2.45) is 0 Å². The lowest BCUT2D eigenvalue weighted by atomic mass is 10.1. The van der Waals surface area contributed by atoms with Crippen molar-refractivity contribution < 1.29 is 4.74 Å². The normalized spacial score (nSPS) is 11.5. The zero-order chi connectivity index (χ0) is 20.6. The zero-order valence-electron chi connectivity index (χ0n) is 16.4. The molecular formula is C25H21N3O2. The minimum atomic E-state index is 0.0589. The Balaban J connectivity index is 0.000000119. The summed E-state index contributed by atoms with van der Waals surface area (Å²) in [6.45, 7) is 1.49.